The number of carbonyl (C=O) groups is 1. The van der Waals surface area contributed by atoms with Crippen molar-refractivity contribution in [1.82, 2.24) is 10.2 Å². The molecule has 1 saturated heterocycles. The number of nitrogens with one attached hydrogen (secondary N) is 1. The summed E-state index contributed by atoms with van der Waals surface area (Å²) in [4.78, 5) is 15.4. The van der Waals surface area contributed by atoms with Crippen LogP contribution >= 0.6 is 0 Å². The molecular weight excluding hydrogens is 340 g/mol. The third kappa shape index (κ3) is 4.15. The van der Waals surface area contributed by atoms with Gasteiger partial charge in [-0.15, -0.1) is 0 Å². The predicted octanol–water partition coefficient (Wildman–Crippen LogP) is 2.30. The largest absolute Gasteiger partial charge is 0.491 e. The van der Waals surface area contributed by atoms with Crippen molar-refractivity contribution >= 4 is 5.91 Å². The van der Waals surface area contributed by atoms with E-state index in [1.165, 1.54) is 0 Å². The van der Waals surface area contributed by atoms with Gasteiger partial charge in [0.15, 0.2) is 0 Å². The Labute approximate surface area is 160 Å². The molecule has 5 heteroatoms. The van der Waals surface area contributed by atoms with Crippen molar-refractivity contribution < 1.29 is 14.6 Å². The van der Waals surface area contributed by atoms with Gasteiger partial charge < -0.3 is 15.2 Å². The predicted molar refractivity (Wildman–Crippen MR) is 104 cm³/mol. The topological polar surface area (TPSA) is 61.8 Å². The van der Waals surface area contributed by atoms with Gasteiger partial charge in [-0.25, -0.2) is 0 Å². The second-order valence-electron chi connectivity index (χ2n) is 7.41. The van der Waals surface area contributed by atoms with E-state index in [9.17, 15) is 9.90 Å². The minimum atomic E-state index is -0.337. The van der Waals surface area contributed by atoms with Crippen molar-refractivity contribution in [3.8, 4) is 5.75 Å². The van der Waals surface area contributed by atoms with Crippen LogP contribution in [0.4, 0.5) is 0 Å². The van der Waals surface area contributed by atoms with Crippen LogP contribution in [0.3, 0.4) is 0 Å². The van der Waals surface area contributed by atoms with E-state index in [4.69, 9.17) is 4.74 Å². The molecule has 0 aliphatic carbocycles. The fraction of sp³-hybridized carbons (Fsp3) is 0.409. The highest BCUT2D eigenvalue weighted by atomic mass is 16.5. The van der Waals surface area contributed by atoms with Crippen LogP contribution in [0.15, 0.2) is 54.6 Å². The average molecular weight is 366 g/mol. The second-order valence-corrected chi connectivity index (χ2v) is 7.41. The lowest BCUT2D eigenvalue weighted by molar-refractivity contribution is -0.128. The molecule has 2 atom stereocenters. The number of nitrogens with zero attached hydrogens (tertiary/aromatic N) is 1. The first-order valence-corrected chi connectivity index (χ1v) is 9.69. The number of likely N-dealkylation sites (tertiary alicyclic amines) is 1. The molecule has 2 N–H and O–H groups in total. The van der Waals surface area contributed by atoms with Gasteiger partial charge in [0.25, 0.3) is 0 Å². The molecule has 0 radical (unpaired) electrons. The maximum Gasteiger partial charge on any atom is 0.242 e. The standard InChI is InChI=1S/C22H26N2O3/c25-19-10-12-24(13-11-19)21(16-6-2-1-3-7-16)22(26)23-18-14-17-8-4-5-9-20(17)27-15-18/h1-9,18-19,21,25H,10-15H2,(H,23,26). The molecule has 2 aromatic rings. The summed E-state index contributed by atoms with van der Waals surface area (Å²) in [5.74, 6) is 0.915. The van der Waals surface area contributed by atoms with Crippen molar-refractivity contribution in [2.24, 2.45) is 0 Å². The lowest BCUT2D eigenvalue weighted by Crippen LogP contribution is -2.50. The Kier molecular flexibility index (Phi) is 5.41. The fourth-order valence-corrected chi connectivity index (χ4v) is 4.01. The Hall–Kier alpha value is -2.37. The molecule has 27 heavy (non-hydrogen) atoms. The number of piperidine rings is 1. The van der Waals surface area contributed by atoms with Gasteiger partial charge in [0, 0.05) is 13.1 Å². The molecule has 2 aromatic carbocycles. The first-order valence-electron chi connectivity index (χ1n) is 9.69. The van der Waals surface area contributed by atoms with E-state index in [1.54, 1.807) is 0 Å². The van der Waals surface area contributed by atoms with Crippen LogP contribution in [0.1, 0.15) is 30.0 Å². The van der Waals surface area contributed by atoms with E-state index in [-0.39, 0.29) is 24.1 Å². The molecule has 1 amide bonds. The quantitative estimate of drug-likeness (QED) is 0.872. The molecule has 2 aliphatic rings. The first kappa shape index (κ1) is 18.0. The molecule has 2 heterocycles. The van der Waals surface area contributed by atoms with Gasteiger partial charge in [0.1, 0.15) is 18.4 Å². The van der Waals surface area contributed by atoms with Crippen LogP contribution < -0.4 is 10.1 Å². The van der Waals surface area contributed by atoms with E-state index >= 15 is 0 Å². The number of ether oxygens (including phenoxy) is 1. The normalized spacial score (nSPS) is 21.7. The second kappa shape index (κ2) is 8.11. The first-order chi connectivity index (χ1) is 13.2. The van der Waals surface area contributed by atoms with Gasteiger partial charge in [0.2, 0.25) is 5.91 Å². The lowest BCUT2D eigenvalue weighted by Gasteiger charge is -2.36. The molecule has 0 saturated carbocycles. The summed E-state index contributed by atoms with van der Waals surface area (Å²) in [6.45, 7) is 1.93. The summed E-state index contributed by atoms with van der Waals surface area (Å²) < 4.78 is 5.82. The highest BCUT2D eigenvalue weighted by molar-refractivity contribution is 5.83. The SMILES string of the molecule is O=C(NC1COc2ccccc2C1)C(c1ccccc1)N1CCC(O)CC1. The highest BCUT2D eigenvalue weighted by Crippen LogP contribution is 2.27. The van der Waals surface area contributed by atoms with Gasteiger partial charge in [-0.3, -0.25) is 9.69 Å². The summed E-state index contributed by atoms with van der Waals surface area (Å²) in [5, 5.41) is 13.0. The van der Waals surface area contributed by atoms with E-state index in [1.807, 2.05) is 54.6 Å². The van der Waals surface area contributed by atoms with E-state index in [2.05, 4.69) is 10.2 Å². The zero-order chi connectivity index (χ0) is 18.6. The van der Waals surface area contributed by atoms with Gasteiger partial charge >= 0.3 is 0 Å². The Bertz CT molecular complexity index is 772. The zero-order valence-electron chi connectivity index (χ0n) is 15.4. The van der Waals surface area contributed by atoms with Crippen molar-refractivity contribution in [3.63, 3.8) is 0 Å². The summed E-state index contributed by atoms with van der Waals surface area (Å²) >= 11 is 0. The van der Waals surface area contributed by atoms with Gasteiger partial charge in [-0.05, 0) is 36.5 Å². The van der Waals surface area contributed by atoms with Gasteiger partial charge in [-0.2, -0.15) is 0 Å². The third-order valence-electron chi connectivity index (χ3n) is 5.45. The van der Waals surface area contributed by atoms with Crippen molar-refractivity contribution in [2.75, 3.05) is 19.7 Å². The number of benzene rings is 2. The molecule has 0 aromatic heterocycles. The molecule has 2 aliphatic heterocycles. The summed E-state index contributed by atoms with van der Waals surface area (Å²) in [6, 6.07) is 17.5. The lowest BCUT2D eigenvalue weighted by atomic mass is 9.98. The molecule has 4 rings (SSSR count). The molecule has 0 bridgehead atoms. The summed E-state index contributed by atoms with van der Waals surface area (Å²) in [6.07, 6.45) is 1.93. The van der Waals surface area contributed by atoms with E-state index in [0.29, 0.717) is 19.4 Å². The number of carbonyl (C=O) groups excluding carboxylic acids is 1. The van der Waals surface area contributed by atoms with E-state index < -0.39 is 0 Å². The Morgan fingerprint density at radius 1 is 1.07 bits per heavy atom. The average Bonchev–Trinajstić information content (AvgIpc) is 2.70. The molecule has 2 unspecified atom stereocenters. The van der Waals surface area contributed by atoms with Crippen LogP contribution in [0.2, 0.25) is 0 Å². The molecular formula is C22H26N2O3. The molecule has 0 spiro atoms. The van der Waals surface area contributed by atoms with Crippen LogP contribution in [-0.4, -0.2) is 47.8 Å². The fourth-order valence-electron chi connectivity index (χ4n) is 4.01. The molecule has 5 nitrogen and oxygen atoms in total. The Morgan fingerprint density at radius 2 is 1.78 bits per heavy atom. The molecule has 142 valence electrons. The molecule has 1 fully saturated rings. The third-order valence-corrected chi connectivity index (χ3v) is 5.45. The smallest absolute Gasteiger partial charge is 0.242 e. The Morgan fingerprint density at radius 3 is 2.56 bits per heavy atom. The summed E-state index contributed by atoms with van der Waals surface area (Å²) in [7, 11) is 0. The highest BCUT2D eigenvalue weighted by Gasteiger charge is 2.32. The number of aliphatic hydroxyl groups excluding tert-OH is 1. The minimum Gasteiger partial charge on any atom is -0.491 e. The summed E-state index contributed by atoms with van der Waals surface area (Å²) in [5.41, 5.74) is 2.12. The maximum atomic E-state index is 13.2. The van der Waals surface area contributed by atoms with Crippen LogP contribution in [0.5, 0.6) is 5.75 Å². The van der Waals surface area contributed by atoms with Crippen molar-refractivity contribution in [1.29, 1.82) is 0 Å². The number of hydrogen-bond donors (Lipinski definition) is 2. The minimum absolute atomic E-state index is 0.00516. The van der Waals surface area contributed by atoms with Crippen molar-refractivity contribution in [2.45, 2.75) is 37.5 Å². The van der Waals surface area contributed by atoms with Gasteiger partial charge in [0.05, 0.1) is 12.1 Å². The van der Waals surface area contributed by atoms with Crippen LogP contribution in [0.25, 0.3) is 0 Å². The number of fused-ring (bicyclic) bond motifs is 1. The number of aliphatic hydroxyl groups is 1. The van der Waals surface area contributed by atoms with Gasteiger partial charge in [-0.1, -0.05) is 48.5 Å². The monoisotopic (exact) mass is 366 g/mol. The maximum absolute atomic E-state index is 13.2. The number of para-hydroxylation sites is 1. The number of amides is 1. The van der Waals surface area contributed by atoms with Crippen molar-refractivity contribution in [3.05, 3.63) is 65.7 Å². The number of hydrogen-bond acceptors (Lipinski definition) is 4. The Balaban J connectivity index is 1.49. The van der Waals surface area contributed by atoms with E-state index in [0.717, 1.165) is 36.4 Å². The zero-order valence-corrected chi connectivity index (χ0v) is 15.4. The van der Waals surface area contributed by atoms with Crippen LogP contribution in [0, 0.1) is 0 Å². The van der Waals surface area contributed by atoms with Crippen LogP contribution in [-0.2, 0) is 11.2 Å². The number of rotatable bonds is 4.